The van der Waals surface area contributed by atoms with Crippen LogP contribution in [-0.4, -0.2) is 35.6 Å². The van der Waals surface area contributed by atoms with Crippen LogP contribution in [0.1, 0.15) is 18.5 Å². The van der Waals surface area contributed by atoms with E-state index in [0.29, 0.717) is 6.04 Å². The van der Waals surface area contributed by atoms with Crippen LogP contribution in [0.2, 0.25) is 0 Å². The van der Waals surface area contributed by atoms with Crippen LogP contribution in [0, 0.1) is 6.92 Å². The van der Waals surface area contributed by atoms with Gasteiger partial charge in [-0.05, 0) is 6.92 Å². The van der Waals surface area contributed by atoms with Crippen LogP contribution in [-0.2, 0) is 6.54 Å². The number of nitrogens with zero attached hydrogens (tertiary/aromatic N) is 2. The number of piperazine rings is 1. The van der Waals surface area contributed by atoms with Crippen molar-refractivity contribution in [2.24, 2.45) is 0 Å². The average molecular weight is 195 g/mol. The van der Waals surface area contributed by atoms with Crippen molar-refractivity contribution < 1.29 is 4.42 Å². The van der Waals surface area contributed by atoms with Gasteiger partial charge in [0.25, 0.3) is 0 Å². The molecule has 0 bridgehead atoms. The molecule has 2 heterocycles. The van der Waals surface area contributed by atoms with Gasteiger partial charge < -0.3 is 9.73 Å². The first-order valence-electron chi connectivity index (χ1n) is 5.11. The summed E-state index contributed by atoms with van der Waals surface area (Å²) in [7, 11) is 0. The summed E-state index contributed by atoms with van der Waals surface area (Å²) in [6.07, 6.45) is 1.75. The Kier molecular flexibility index (Phi) is 2.84. The van der Waals surface area contributed by atoms with Gasteiger partial charge in [0, 0.05) is 39.1 Å². The molecule has 0 aliphatic carbocycles. The third kappa shape index (κ3) is 2.13. The summed E-state index contributed by atoms with van der Waals surface area (Å²) in [5, 5.41) is 3.37. The number of aryl methyl sites for hydroxylation is 1. The van der Waals surface area contributed by atoms with Gasteiger partial charge in [0.05, 0.1) is 5.69 Å². The first-order valence-corrected chi connectivity index (χ1v) is 5.11. The molecule has 1 aliphatic heterocycles. The fraction of sp³-hybridized carbons (Fsp3) is 0.700. The van der Waals surface area contributed by atoms with Gasteiger partial charge in [-0.25, -0.2) is 4.98 Å². The minimum absolute atomic E-state index is 0.584. The Hall–Kier alpha value is -0.870. The second-order valence-electron chi connectivity index (χ2n) is 3.88. The second kappa shape index (κ2) is 4.11. The van der Waals surface area contributed by atoms with Gasteiger partial charge in [0.1, 0.15) is 6.26 Å². The topological polar surface area (TPSA) is 41.3 Å². The van der Waals surface area contributed by atoms with Crippen molar-refractivity contribution in [2.45, 2.75) is 26.4 Å². The number of nitrogens with one attached hydrogen (secondary N) is 1. The average Bonchev–Trinajstić information content (AvgIpc) is 2.56. The van der Waals surface area contributed by atoms with Crippen molar-refractivity contribution >= 4 is 0 Å². The maximum Gasteiger partial charge on any atom is 0.191 e. The van der Waals surface area contributed by atoms with Gasteiger partial charge in [-0.2, -0.15) is 0 Å². The summed E-state index contributed by atoms with van der Waals surface area (Å²) in [5.41, 5.74) is 1.04. The van der Waals surface area contributed by atoms with E-state index in [9.17, 15) is 0 Å². The molecule has 1 fully saturated rings. The van der Waals surface area contributed by atoms with Crippen LogP contribution in [0.3, 0.4) is 0 Å². The van der Waals surface area contributed by atoms with Gasteiger partial charge >= 0.3 is 0 Å². The van der Waals surface area contributed by atoms with Crippen LogP contribution in [0.25, 0.3) is 0 Å². The number of hydrogen-bond donors (Lipinski definition) is 1. The highest BCUT2D eigenvalue weighted by Gasteiger charge is 2.18. The van der Waals surface area contributed by atoms with E-state index < -0.39 is 0 Å². The Morgan fingerprint density at radius 1 is 1.71 bits per heavy atom. The summed E-state index contributed by atoms with van der Waals surface area (Å²) < 4.78 is 5.19. The minimum atomic E-state index is 0.584. The Balaban J connectivity index is 1.95. The lowest BCUT2D eigenvalue weighted by molar-refractivity contribution is 0.163. The van der Waals surface area contributed by atoms with Crippen molar-refractivity contribution in [2.75, 3.05) is 19.6 Å². The van der Waals surface area contributed by atoms with Crippen LogP contribution >= 0.6 is 0 Å². The van der Waals surface area contributed by atoms with Crippen LogP contribution in [0.15, 0.2) is 10.7 Å². The molecule has 1 aliphatic rings. The standard InChI is InChI=1S/C10H17N3O/c1-8-5-11-3-4-13(8)6-10-7-14-9(2)12-10/h7-8,11H,3-6H2,1-2H3/t8-/m0/s1. The number of oxazole rings is 1. The summed E-state index contributed by atoms with van der Waals surface area (Å²) in [4.78, 5) is 6.73. The zero-order valence-electron chi connectivity index (χ0n) is 8.79. The highest BCUT2D eigenvalue weighted by molar-refractivity contribution is 4.96. The number of hydrogen-bond acceptors (Lipinski definition) is 4. The van der Waals surface area contributed by atoms with Gasteiger partial charge in [0.15, 0.2) is 5.89 Å². The third-order valence-electron chi connectivity index (χ3n) is 2.67. The monoisotopic (exact) mass is 195 g/mol. The summed E-state index contributed by atoms with van der Waals surface area (Å²) in [5.74, 6) is 0.753. The van der Waals surface area contributed by atoms with Gasteiger partial charge in [-0.1, -0.05) is 0 Å². The van der Waals surface area contributed by atoms with E-state index in [1.165, 1.54) is 0 Å². The zero-order chi connectivity index (χ0) is 9.97. The van der Waals surface area contributed by atoms with E-state index >= 15 is 0 Å². The molecule has 0 aromatic carbocycles. The minimum Gasteiger partial charge on any atom is -0.449 e. The lowest BCUT2D eigenvalue weighted by Gasteiger charge is -2.33. The maximum absolute atomic E-state index is 5.19. The first kappa shape index (κ1) is 9.68. The molecule has 14 heavy (non-hydrogen) atoms. The highest BCUT2D eigenvalue weighted by Crippen LogP contribution is 2.09. The molecule has 4 heteroatoms. The summed E-state index contributed by atoms with van der Waals surface area (Å²) in [6, 6.07) is 0.584. The van der Waals surface area contributed by atoms with Crippen molar-refractivity contribution in [3.63, 3.8) is 0 Å². The first-order chi connectivity index (χ1) is 6.75. The SMILES string of the molecule is Cc1nc(CN2CCNC[C@@H]2C)co1. The van der Waals surface area contributed by atoms with Crippen molar-refractivity contribution in [3.05, 3.63) is 17.8 Å². The zero-order valence-corrected chi connectivity index (χ0v) is 8.79. The molecule has 2 rings (SSSR count). The Morgan fingerprint density at radius 3 is 3.21 bits per heavy atom. The van der Waals surface area contributed by atoms with E-state index in [-0.39, 0.29) is 0 Å². The second-order valence-corrected chi connectivity index (χ2v) is 3.88. The Bertz CT molecular complexity index is 297. The predicted molar refractivity (Wildman–Crippen MR) is 54.0 cm³/mol. The van der Waals surface area contributed by atoms with Gasteiger partial charge in [0.2, 0.25) is 0 Å². The Morgan fingerprint density at radius 2 is 2.57 bits per heavy atom. The molecular weight excluding hydrogens is 178 g/mol. The van der Waals surface area contributed by atoms with Gasteiger partial charge in [-0.3, -0.25) is 4.90 Å². The molecule has 0 saturated carbocycles. The molecule has 1 atom stereocenters. The van der Waals surface area contributed by atoms with Crippen LogP contribution in [0.5, 0.6) is 0 Å². The molecule has 1 aromatic rings. The molecular formula is C10H17N3O. The molecule has 78 valence electrons. The normalized spacial score (nSPS) is 24.0. The van der Waals surface area contributed by atoms with Crippen molar-refractivity contribution in [1.29, 1.82) is 0 Å². The molecule has 0 radical (unpaired) electrons. The molecule has 0 unspecified atom stereocenters. The summed E-state index contributed by atoms with van der Waals surface area (Å²) in [6.45, 7) is 8.25. The van der Waals surface area contributed by atoms with Gasteiger partial charge in [-0.15, -0.1) is 0 Å². The molecule has 4 nitrogen and oxygen atoms in total. The Labute approximate surface area is 84.3 Å². The quantitative estimate of drug-likeness (QED) is 0.757. The van der Waals surface area contributed by atoms with Crippen molar-refractivity contribution in [3.8, 4) is 0 Å². The molecule has 1 N–H and O–H groups in total. The third-order valence-corrected chi connectivity index (χ3v) is 2.67. The molecule has 0 spiro atoms. The molecule has 0 amide bonds. The van der Waals surface area contributed by atoms with E-state index in [1.807, 2.05) is 6.92 Å². The molecule has 1 saturated heterocycles. The van der Waals surface area contributed by atoms with Crippen molar-refractivity contribution in [1.82, 2.24) is 15.2 Å². The lowest BCUT2D eigenvalue weighted by Crippen LogP contribution is -2.49. The number of aromatic nitrogens is 1. The largest absolute Gasteiger partial charge is 0.449 e. The van der Waals surface area contributed by atoms with E-state index in [4.69, 9.17) is 4.42 Å². The smallest absolute Gasteiger partial charge is 0.191 e. The predicted octanol–water partition coefficient (Wildman–Crippen LogP) is 0.777. The van der Waals surface area contributed by atoms with Crippen LogP contribution in [0.4, 0.5) is 0 Å². The van der Waals surface area contributed by atoms with E-state index in [1.54, 1.807) is 6.26 Å². The number of rotatable bonds is 2. The fourth-order valence-corrected chi connectivity index (χ4v) is 1.81. The highest BCUT2D eigenvalue weighted by atomic mass is 16.3. The summed E-state index contributed by atoms with van der Waals surface area (Å²) >= 11 is 0. The van der Waals surface area contributed by atoms with Crippen LogP contribution < -0.4 is 5.32 Å². The maximum atomic E-state index is 5.19. The molecule has 1 aromatic heterocycles. The van der Waals surface area contributed by atoms with E-state index in [0.717, 1.165) is 37.8 Å². The van der Waals surface area contributed by atoms with E-state index in [2.05, 4.69) is 22.1 Å². The fourth-order valence-electron chi connectivity index (χ4n) is 1.81. The lowest BCUT2D eigenvalue weighted by atomic mass is 10.2.